The second kappa shape index (κ2) is 8.08. The molecule has 0 bridgehead atoms. The van der Waals surface area contributed by atoms with Gasteiger partial charge < -0.3 is 4.74 Å². The van der Waals surface area contributed by atoms with Crippen molar-refractivity contribution in [1.82, 2.24) is 4.90 Å². The number of nitriles is 2. The van der Waals surface area contributed by atoms with Crippen LogP contribution < -0.4 is 0 Å². The van der Waals surface area contributed by atoms with Crippen molar-refractivity contribution in [3.63, 3.8) is 0 Å². The van der Waals surface area contributed by atoms with Crippen molar-refractivity contribution >= 4 is 0 Å². The number of likely N-dealkylation sites (tertiary alicyclic amines) is 1. The first kappa shape index (κ1) is 15.0. The Balaban J connectivity index is 2.25. The second-order valence-corrected chi connectivity index (χ2v) is 5.42. The molecule has 0 aromatic carbocycles. The van der Waals surface area contributed by atoms with Crippen LogP contribution >= 0.6 is 0 Å². The van der Waals surface area contributed by atoms with Gasteiger partial charge in [0.1, 0.15) is 0 Å². The lowest BCUT2D eigenvalue weighted by Gasteiger charge is -2.19. The van der Waals surface area contributed by atoms with Crippen molar-refractivity contribution in [3.8, 4) is 12.1 Å². The lowest BCUT2D eigenvalue weighted by Crippen LogP contribution is -2.29. The summed E-state index contributed by atoms with van der Waals surface area (Å²) in [4.78, 5) is 2.29. The Morgan fingerprint density at radius 3 is 2.78 bits per heavy atom. The van der Waals surface area contributed by atoms with Gasteiger partial charge in [-0.2, -0.15) is 10.5 Å². The molecule has 0 radical (unpaired) electrons. The van der Waals surface area contributed by atoms with Gasteiger partial charge in [-0.05, 0) is 18.8 Å². The highest BCUT2D eigenvalue weighted by atomic mass is 16.5. The van der Waals surface area contributed by atoms with Gasteiger partial charge in [0.25, 0.3) is 0 Å². The van der Waals surface area contributed by atoms with Gasteiger partial charge in [0.05, 0.1) is 24.2 Å². The summed E-state index contributed by atoms with van der Waals surface area (Å²) in [6, 6.07) is 4.40. The van der Waals surface area contributed by atoms with Gasteiger partial charge >= 0.3 is 0 Å². The predicted octanol–water partition coefficient (Wildman–Crippen LogP) is 2.18. The minimum absolute atomic E-state index is 0.0199. The van der Waals surface area contributed by atoms with E-state index in [-0.39, 0.29) is 5.92 Å². The molecule has 1 saturated heterocycles. The van der Waals surface area contributed by atoms with Crippen LogP contribution in [0.4, 0.5) is 0 Å². The fraction of sp³-hybridized carbons (Fsp3) is 0.857. The summed E-state index contributed by atoms with van der Waals surface area (Å²) in [6.45, 7) is 7.83. The summed E-state index contributed by atoms with van der Waals surface area (Å²) in [5, 5.41) is 17.6. The lowest BCUT2D eigenvalue weighted by atomic mass is 10.1. The molecular weight excluding hydrogens is 226 g/mol. The fourth-order valence-electron chi connectivity index (χ4n) is 2.17. The number of ether oxygens (including phenoxy) is 1. The van der Waals surface area contributed by atoms with Gasteiger partial charge in [-0.25, -0.2) is 0 Å². The Morgan fingerprint density at radius 1 is 1.39 bits per heavy atom. The third kappa shape index (κ3) is 5.49. The molecule has 1 rings (SSSR count). The van der Waals surface area contributed by atoms with Gasteiger partial charge in [0.15, 0.2) is 0 Å². The maximum absolute atomic E-state index is 9.04. The highest BCUT2D eigenvalue weighted by Crippen LogP contribution is 2.17. The predicted molar refractivity (Wildman–Crippen MR) is 69.6 cm³/mol. The summed E-state index contributed by atoms with van der Waals surface area (Å²) in [6.07, 6.45) is 2.53. The van der Waals surface area contributed by atoms with E-state index in [0.29, 0.717) is 24.9 Å². The zero-order valence-electron chi connectivity index (χ0n) is 11.4. The van der Waals surface area contributed by atoms with Crippen molar-refractivity contribution in [1.29, 1.82) is 10.5 Å². The SMILES string of the molecule is CC(C)CO[C@H]1CCN(C[C@@H](C#N)CCC#N)C1. The van der Waals surface area contributed by atoms with Crippen molar-refractivity contribution in [3.05, 3.63) is 0 Å². The molecule has 1 aliphatic heterocycles. The molecule has 0 saturated carbocycles. The van der Waals surface area contributed by atoms with Gasteiger partial charge in [-0.1, -0.05) is 13.8 Å². The molecule has 1 heterocycles. The van der Waals surface area contributed by atoms with E-state index in [4.69, 9.17) is 15.3 Å². The van der Waals surface area contributed by atoms with Crippen LogP contribution in [-0.4, -0.2) is 37.2 Å². The maximum Gasteiger partial charge on any atom is 0.0714 e. The molecule has 0 aromatic heterocycles. The number of hydrogen-bond donors (Lipinski definition) is 0. The van der Waals surface area contributed by atoms with Crippen molar-refractivity contribution < 1.29 is 4.74 Å². The summed E-state index contributed by atoms with van der Waals surface area (Å²) < 4.78 is 5.81. The maximum atomic E-state index is 9.04. The first-order chi connectivity index (χ1) is 8.65. The third-order valence-electron chi connectivity index (χ3n) is 3.16. The van der Waals surface area contributed by atoms with E-state index in [0.717, 1.165) is 32.7 Å². The Morgan fingerprint density at radius 2 is 2.17 bits per heavy atom. The third-order valence-corrected chi connectivity index (χ3v) is 3.16. The number of nitrogens with zero attached hydrogens (tertiary/aromatic N) is 3. The average molecular weight is 249 g/mol. The van der Waals surface area contributed by atoms with Crippen LogP contribution in [-0.2, 0) is 4.74 Å². The molecule has 4 nitrogen and oxygen atoms in total. The molecule has 0 unspecified atom stereocenters. The molecule has 0 amide bonds. The Labute approximate surface area is 110 Å². The van der Waals surface area contributed by atoms with Crippen LogP contribution in [0, 0.1) is 34.5 Å². The quantitative estimate of drug-likeness (QED) is 0.694. The standard InChI is InChI=1S/C14H23N3O/c1-12(2)11-18-14-5-7-17(10-14)9-13(8-16)4-3-6-15/h12-14H,3-5,7,9-11H2,1-2H3/t13-,14+/m1/s1. The largest absolute Gasteiger partial charge is 0.377 e. The van der Waals surface area contributed by atoms with E-state index in [1.165, 1.54) is 0 Å². The molecule has 0 N–H and O–H groups in total. The number of rotatable bonds is 7. The van der Waals surface area contributed by atoms with E-state index in [9.17, 15) is 0 Å². The molecular formula is C14H23N3O. The van der Waals surface area contributed by atoms with Gasteiger partial charge in [-0.3, -0.25) is 4.90 Å². The summed E-state index contributed by atoms with van der Waals surface area (Å²) in [7, 11) is 0. The van der Waals surface area contributed by atoms with Gasteiger partial charge in [0.2, 0.25) is 0 Å². The van der Waals surface area contributed by atoms with E-state index >= 15 is 0 Å². The molecule has 0 spiro atoms. The highest BCUT2D eigenvalue weighted by molar-refractivity contribution is 4.89. The first-order valence-electron chi connectivity index (χ1n) is 6.76. The molecule has 4 heteroatoms. The lowest BCUT2D eigenvalue weighted by molar-refractivity contribution is 0.0411. The van der Waals surface area contributed by atoms with Crippen LogP contribution in [0.1, 0.15) is 33.1 Å². The van der Waals surface area contributed by atoms with Crippen LogP contribution in [0.3, 0.4) is 0 Å². The first-order valence-corrected chi connectivity index (χ1v) is 6.76. The smallest absolute Gasteiger partial charge is 0.0714 e. The average Bonchev–Trinajstić information content (AvgIpc) is 2.79. The highest BCUT2D eigenvalue weighted by Gasteiger charge is 2.25. The minimum atomic E-state index is -0.0199. The molecule has 100 valence electrons. The van der Waals surface area contributed by atoms with Crippen LogP contribution in [0.15, 0.2) is 0 Å². The molecule has 2 atom stereocenters. The van der Waals surface area contributed by atoms with Crippen molar-refractivity contribution in [2.24, 2.45) is 11.8 Å². The Kier molecular flexibility index (Phi) is 6.72. The monoisotopic (exact) mass is 249 g/mol. The number of hydrogen-bond acceptors (Lipinski definition) is 4. The molecule has 0 aromatic rings. The molecule has 1 fully saturated rings. The topological polar surface area (TPSA) is 60.0 Å². The Bertz CT molecular complexity index is 316. The van der Waals surface area contributed by atoms with Crippen LogP contribution in [0.2, 0.25) is 0 Å². The summed E-state index contributed by atoms with van der Waals surface area (Å²) in [5.41, 5.74) is 0. The van der Waals surface area contributed by atoms with E-state index < -0.39 is 0 Å². The van der Waals surface area contributed by atoms with E-state index in [1.807, 2.05) is 0 Å². The molecule has 1 aliphatic rings. The second-order valence-electron chi connectivity index (χ2n) is 5.42. The minimum Gasteiger partial charge on any atom is -0.377 e. The zero-order valence-corrected chi connectivity index (χ0v) is 11.4. The van der Waals surface area contributed by atoms with E-state index in [1.54, 1.807) is 0 Å². The van der Waals surface area contributed by atoms with Crippen LogP contribution in [0.25, 0.3) is 0 Å². The van der Waals surface area contributed by atoms with Crippen molar-refractivity contribution in [2.75, 3.05) is 26.2 Å². The van der Waals surface area contributed by atoms with Gasteiger partial charge in [0, 0.05) is 32.7 Å². The Hall–Kier alpha value is -1.10. The normalized spacial score (nSPS) is 21.7. The molecule has 0 aliphatic carbocycles. The van der Waals surface area contributed by atoms with Crippen LogP contribution in [0.5, 0.6) is 0 Å². The zero-order chi connectivity index (χ0) is 13.4. The fourth-order valence-corrected chi connectivity index (χ4v) is 2.17. The summed E-state index contributed by atoms with van der Waals surface area (Å²) in [5.74, 6) is 0.551. The van der Waals surface area contributed by atoms with Crippen molar-refractivity contribution in [2.45, 2.75) is 39.2 Å². The van der Waals surface area contributed by atoms with E-state index in [2.05, 4.69) is 30.9 Å². The molecule has 18 heavy (non-hydrogen) atoms. The summed E-state index contributed by atoms with van der Waals surface area (Å²) >= 11 is 0. The van der Waals surface area contributed by atoms with Gasteiger partial charge in [-0.15, -0.1) is 0 Å².